The average Bonchev–Trinajstić information content (AvgIpc) is 3.16. The molecular formula is C20H20ClN5O3. The standard InChI is InChI=1S/C20H20ClN5O3/c1-10-11(2)25-16-17(22-19(25)24(10)15-8-6-7-14(21)9-15)23(5)20(29)26(18(16)28)12(3)13(4)27/h6-9,12H,1-5H3/t12-/m1/s1. The van der Waals surface area contributed by atoms with Gasteiger partial charge in [-0.25, -0.2) is 9.36 Å². The minimum atomic E-state index is -0.868. The molecule has 0 aliphatic heterocycles. The predicted molar refractivity (Wildman–Crippen MR) is 111 cm³/mol. The van der Waals surface area contributed by atoms with Crippen LogP contribution in [0.25, 0.3) is 22.6 Å². The number of aryl methyl sites for hydroxylation is 2. The fourth-order valence-corrected chi connectivity index (χ4v) is 3.85. The van der Waals surface area contributed by atoms with Gasteiger partial charge in [-0.1, -0.05) is 17.7 Å². The Kier molecular flexibility index (Phi) is 4.27. The Morgan fingerprint density at radius 3 is 2.48 bits per heavy atom. The van der Waals surface area contributed by atoms with Crippen LogP contribution in [0.2, 0.25) is 5.02 Å². The van der Waals surface area contributed by atoms with E-state index < -0.39 is 17.3 Å². The summed E-state index contributed by atoms with van der Waals surface area (Å²) in [7, 11) is 1.55. The highest BCUT2D eigenvalue weighted by Gasteiger charge is 2.25. The van der Waals surface area contributed by atoms with Crippen molar-refractivity contribution in [3.05, 3.63) is 61.5 Å². The molecule has 0 radical (unpaired) electrons. The van der Waals surface area contributed by atoms with Crippen LogP contribution in [-0.4, -0.2) is 28.9 Å². The number of hydrogen-bond donors (Lipinski definition) is 0. The number of rotatable bonds is 3. The number of ketones is 1. The summed E-state index contributed by atoms with van der Waals surface area (Å²) in [5.74, 6) is 0.228. The lowest BCUT2D eigenvalue weighted by Crippen LogP contribution is -2.42. The summed E-state index contributed by atoms with van der Waals surface area (Å²) >= 11 is 6.17. The third-order valence-electron chi connectivity index (χ3n) is 5.51. The molecule has 0 bridgehead atoms. The third-order valence-corrected chi connectivity index (χ3v) is 5.74. The van der Waals surface area contributed by atoms with Gasteiger partial charge in [-0.15, -0.1) is 0 Å². The molecule has 4 aromatic rings. The molecule has 4 rings (SSSR count). The lowest BCUT2D eigenvalue weighted by molar-refractivity contribution is -0.119. The second kappa shape index (κ2) is 6.45. The van der Waals surface area contributed by atoms with Crippen LogP contribution in [0, 0.1) is 13.8 Å². The monoisotopic (exact) mass is 413 g/mol. The molecule has 8 nitrogen and oxygen atoms in total. The van der Waals surface area contributed by atoms with Crippen molar-refractivity contribution in [2.45, 2.75) is 33.7 Å². The molecule has 150 valence electrons. The van der Waals surface area contributed by atoms with Gasteiger partial charge in [0.15, 0.2) is 16.9 Å². The summed E-state index contributed by atoms with van der Waals surface area (Å²) in [5.41, 5.74) is 1.90. The summed E-state index contributed by atoms with van der Waals surface area (Å²) in [4.78, 5) is 42.6. The van der Waals surface area contributed by atoms with Gasteiger partial charge < -0.3 is 0 Å². The molecule has 0 aliphatic rings. The number of carbonyl (C=O) groups is 1. The van der Waals surface area contributed by atoms with E-state index in [1.165, 1.54) is 11.5 Å². The highest BCUT2D eigenvalue weighted by Crippen LogP contribution is 2.26. The van der Waals surface area contributed by atoms with Gasteiger partial charge in [0.2, 0.25) is 5.78 Å². The highest BCUT2D eigenvalue weighted by molar-refractivity contribution is 6.30. The van der Waals surface area contributed by atoms with Crippen LogP contribution < -0.4 is 11.2 Å². The van der Waals surface area contributed by atoms with E-state index in [2.05, 4.69) is 4.98 Å². The molecule has 0 amide bonds. The lowest BCUT2D eigenvalue weighted by Gasteiger charge is -2.12. The van der Waals surface area contributed by atoms with E-state index in [9.17, 15) is 14.4 Å². The molecule has 9 heteroatoms. The predicted octanol–water partition coefficient (Wildman–Crippen LogP) is 2.56. The van der Waals surface area contributed by atoms with Crippen LogP contribution in [0.3, 0.4) is 0 Å². The summed E-state index contributed by atoms with van der Waals surface area (Å²) < 4.78 is 5.92. The Labute approximate surface area is 170 Å². The Morgan fingerprint density at radius 2 is 1.86 bits per heavy atom. The van der Waals surface area contributed by atoms with Gasteiger partial charge in [0.25, 0.3) is 5.56 Å². The molecule has 29 heavy (non-hydrogen) atoms. The average molecular weight is 414 g/mol. The summed E-state index contributed by atoms with van der Waals surface area (Å²) in [5, 5.41) is 0.576. The van der Waals surface area contributed by atoms with Crippen molar-refractivity contribution in [2.75, 3.05) is 0 Å². The second-order valence-electron chi connectivity index (χ2n) is 7.21. The maximum Gasteiger partial charge on any atom is 0.333 e. The van der Waals surface area contributed by atoms with E-state index in [0.717, 1.165) is 21.6 Å². The molecule has 0 spiro atoms. The number of carbonyl (C=O) groups excluding carboxylic acids is 1. The van der Waals surface area contributed by atoms with Crippen LogP contribution in [0.4, 0.5) is 0 Å². The van der Waals surface area contributed by atoms with Crippen LogP contribution in [0.1, 0.15) is 31.3 Å². The van der Waals surface area contributed by atoms with Crippen molar-refractivity contribution in [3.63, 3.8) is 0 Å². The molecule has 3 heterocycles. The Morgan fingerprint density at radius 1 is 1.17 bits per heavy atom. The summed E-state index contributed by atoms with van der Waals surface area (Å²) in [6.45, 7) is 6.71. The maximum atomic E-state index is 13.3. The number of aromatic nitrogens is 5. The van der Waals surface area contributed by atoms with Gasteiger partial charge in [0, 0.05) is 23.5 Å². The van der Waals surface area contributed by atoms with Crippen LogP contribution in [0.5, 0.6) is 0 Å². The topological polar surface area (TPSA) is 83.3 Å². The third kappa shape index (κ3) is 2.59. The van der Waals surface area contributed by atoms with Crippen molar-refractivity contribution in [1.82, 2.24) is 23.1 Å². The van der Waals surface area contributed by atoms with E-state index in [4.69, 9.17) is 11.6 Å². The van der Waals surface area contributed by atoms with Crippen molar-refractivity contribution < 1.29 is 4.79 Å². The number of benzene rings is 1. The van der Waals surface area contributed by atoms with Gasteiger partial charge in [-0.3, -0.25) is 23.1 Å². The zero-order chi connectivity index (χ0) is 21.2. The van der Waals surface area contributed by atoms with Crippen molar-refractivity contribution >= 4 is 34.3 Å². The minimum absolute atomic E-state index is 0.261. The zero-order valence-corrected chi connectivity index (χ0v) is 17.5. The fourth-order valence-electron chi connectivity index (χ4n) is 3.66. The first-order valence-electron chi connectivity index (χ1n) is 9.13. The SMILES string of the molecule is CC(=O)[C@@H](C)n1c(=O)c2c(nc3n(-c4cccc(Cl)c4)c(C)c(C)n23)n(C)c1=O. The van der Waals surface area contributed by atoms with E-state index in [0.29, 0.717) is 10.8 Å². The number of Topliss-reactive ketones (excluding diaryl/α,β-unsaturated/α-hetero) is 1. The minimum Gasteiger partial charge on any atom is -0.298 e. The molecule has 0 aliphatic carbocycles. The molecule has 1 atom stereocenters. The van der Waals surface area contributed by atoms with Crippen molar-refractivity contribution in [3.8, 4) is 5.69 Å². The smallest absolute Gasteiger partial charge is 0.298 e. The summed E-state index contributed by atoms with van der Waals surface area (Å²) in [6.07, 6.45) is 0. The van der Waals surface area contributed by atoms with Gasteiger partial charge in [0.1, 0.15) is 0 Å². The van der Waals surface area contributed by atoms with Crippen LogP contribution in [0.15, 0.2) is 33.9 Å². The second-order valence-corrected chi connectivity index (χ2v) is 7.65. The maximum absolute atomic E-state index is 13.3. The molecule has 0 saturated carbocycles. The highest BCUT2D eigenvalue weighted by atomic mass is 35.5. The largest absolute Gasteiger partial charge is 0.333 e. The first-order chi connectivity index (χ1) is 13.6. The van der Waals surface area contributed by atoms with E-state index in [1.54, 1.807) is 24.4 Å². The number of nitrogens with zero attached hydrogens (tertiary/aromatic N) is 5. The van der Waals surface area contributed by atoms with E-state index >= 15 is 0 Å². The first-order valence-corrected chi connectivity index (χ1v) is 9.51. The van der Waals surface area contributed by atoms with Crippen LogP contribution >= 0.6 is 11.6 Å². The summed E-state index contributed by atoms with van der Waals surface area (Å²) in [6, 6.07) is 6.45. The normalized spacial score (nSPS) is 12.8. The van der Waals surface area contributed by atoms with Gasteiger partial charge in [-0.2, -0.15) is 4.98 Å². The Bertz CT molecular complexity index is 1440. The van der Waals surface area contributed by atoms with Crippen molar-refractivity contribution in [2.24, 2.45) is 7.05 Å². The Balaban J connectivity index is 2.21. The van der Waals surface area contributed by atoms with Gasteiger partial charge in [-0.05, 0) is 45.9 Å². The quantitative estimate of drug-likeness (QED) is 0.516. The molecule has 0 saturated heterocycles. The number of hydrogen-bond acceptors (Lipinski definition) is 4. The Hall–Kier alpha value is -3.13. The molecule has 3 aromatic heterocycles. The lowest BCUT2D eigenvalue weighted by atomic mass is 10.2. The fraction of sp³-hybridized carbons (Fsp3) is 0.300. The molecule has 0 N–H and O–H groups in total. The van der Waals surface area contributed by atoms with Crippen LogP contribution in [-0.2, 0) is 11.8 Å². The molecule has 1 aromatic carbocycles. The first kappa shape index (κ1) is 19.2. The number of halogens is 1. The molecular weight excluding hydrogens is 394 g/mol. The van der Waals surface area contributed by atoms with E-state index in [-0.39, 0.29) is 16.9 Å². The molecule has 0 unspecified atom stereocenters. The van der Waals surface area contributed by atoms with E-state index in [1.807, 2.05) is 36.6 Å². The van der Waals surface area contributed by atoms with Crippen molar-refractivity contribution in [1.29, 1.82) is 0 Å². The van der Waals surface area contributed by atoms with Gasteiger partial charge >= 0.3 is 5.69 Å². The molecule has 0 fully saturated rings. The zero-order valence-electron chi connectivity index (χ0n) is 16.7. The number of fused-ring (bicyclic) bond motifs is 3. The van der Waals surface area contributed by atoms with Gasteiger partial charge in [0.05, 0.1) is 11.7 Å². The number of imidazole rings is 2.